The minimum absolute atomic E-state index is 0.0248. The molecule has 8 nitrogen and oxygen atoms in total. The topological polar surface area (TPSA) is 97.3 Å². The van der Waals surface area contributed by atoms with Crippen molar-refractivity contribution in [2.75, 3.05) is 26.2 Å². The van der Waals surface area contributed by atoms with Crippen molar-refractivity contribution in [2.45, 2.75) is 0 Å². The SMILES string of the molecule is COc1ccc(N2C(=O)/C(=C/c3cc(OC)c(O)c(OC)c3)C(=O)NC2=S)cc1. The number of methoxy groups -OCH3 is 3. The summed E-state index contributed by atoms with van der Waals surface area (Å²) in [6, 6.07) is 9.64. The molecule has 9 heteroatoms. The lowest BCUT2D eigenvalue weighted by Crippen LogP contribution is -2.54. The summed E-state index contributed by atoms with van der Waals surface area (Å²) in [5.74, 6) is -0.500. The van der Waals surface area contributed by atoms with Crippen LogP contribution in [0.15, 0.2) is 42.0 Å². The van der Waals surface area contributed by atoms with E-state index in [4.69, 9.17) is 26.4 Å². The number of aromatic hydroxyl groups is 1. The number of anilines is 1. The Hall–Kier alpha value is -3.59. The molecule has 0 aliphatic carbocycles. The van der Waals surface area contributed by atoms with E-state index in [2.05, 4.69) is 5.32 Å². The van der Waals surface area contributed by atoms with Crippen molar-refractivity contribution >= 4 is 40.9 Å². The molecule has 0 saturated carbocycles. The van der Waals surface area contributed by atoms with Crippen LogP contribution in [0.2, 0.25) is 0 Å². The zero-order chi connectivity index (χ0) is 21.1. The van der Waals surface area contributed by atoms with Crippen LogP contribution in [0.1, 0.15) is 5.56 Å². The third-order valence-electron chi connectivity index (χ3n) is 4.25. The number of benzene rings is 2. The molecule has 1 saturated heterocycles. The van der Waals surface area contributed by atoms with E-state index in [1.54, 1.807) is 24.3 Å². The largest absolute Gasteiger partial charge is 0.502 e. The molecule has 150 valence electrons. The molecule has 2 amide bonds. The number of carbonyl (C=O) groups excluding carboxylic acids is 2. The maximum absolute atomic E-state index is 13.0. The van der Waals surface area contributed by atoms with Crippen LogP contribution < -0.4 is 24.4 Å². The van der Waals surface area contributed by atoms with Crippen molar-refractivity contribution in [3.63, 3.8) is 0 Å². The summed E-state index contributed by atoms with van der Waals surface area (Å²) in [5.41, 5.74) is 0.772. The summed E-state index contributed by atoms with van der Waals surface area (Å²) in [7, 11) is 4.30. The van der Waals surface area contributed by atoms with Crippen LogP contribution in [0, 0.1) is 0 Å². The highest BCUT2D eigenvalue weighted by molar-refractivity contribution is 7.80. The molecular weight excluding hydrogens is 396 g/mol. The van der Waals surface area contributed by atoms with Crippen molar-refractivity contribution in [3.8, 4) is 23.0 Å². The van der Waals surface area contributed by atoms with Crippen LogP contribution in [-0.2, 0) is 9.59 Å². The van der Waals surface area contributed by atoms with E-state index in [1.807, 2.05) is 0 Å². The van der Waals surface area contributed by atoms with E-state index in [9.17, 15) is 14.7 Å². The second kappa shape index (κ2) is 8.19. The Morgan fingerprint density at radius 1 is 1.00 bits per heavy atom. The number of ether oxygens (including phenoxy) is 3. The molecule has 0 spiro atoms. The molecular formula is C20H18N2O6S. The Bertz CT molecular complexity index is 991. The van der Waals surface area contributed by atoms with Crippen LogP contribution in [0.25, 0.3) is 6.08 Å². The Kier molecular flexibility index (Phi) is 5.69. The number of phenolic OH excluding ortho intramolecular Hbond substituents is 1. The predicted octanol–water partition coefficient (Wildman–Crippen LogP) is 2.25. The average Bonchev–Trinajstić information content (AvgIpc) is 2.72. The first kappa shape index (κ1) is 20.2. The second-order valence-corrected chi connectivity index (χ2v) is 6.32. The molecule has 0 atom stereocenters. The van der Waals surface area contributed by atoms with Gasteiger partial charge in [0.1, 0.15) is 11.3 Å². The van der Waals surface area contributed by atoms with Crippen LogP contribution in [0.5, 0.6) is 23.0 Å². The number of amides is 2. The minimum Gasteiger partial charge on any atom is -0.502 e. The van der Waals surface area contributed by atoms with E-state index < -0.39 is 11.8 Å². The minimum atomic E-state index is -0.629. The Morgan fingerprint density at radius 3 is 2.10 bits per heavy atom. The molecule has 1 fully saturated rings. The normalized spacial score (nSPS) is 15.3. The number of hydrogen-bond acceptors (Lipinski definition) is 7. The number of nitrogens with one attached hydrogen (secondary N) is 1. The summed E-state index contributed by atoms with van der Waals surface area (Å²) in [6.45, 7) is 0. The van der Waals surface area contributed by atoms with Gasteiger partial charge in [0.15, 0.2) is 16.6 Å². The quantitative estimate of drug-likeness (QED) is 0.440. The molecule has 1 aliphatic heterocycles. The molecule has 2 aromatic carbocycles. The van der Waals surface area contributed by atoms with Gasteiger partial charge >= 0.3 is 0 Å². The molecule has 3 rings (SSSR count). The highest BCUT2D eigenvalue weighted by Gasteiger charge is 2.34. The van der Waals surface area contributed by atoms with Gasteiger partial charge in [-0.05, 0) is 60.3 Å². The predicted molar refractivity (Wildman–Crippen MR) is 110 cm³/mol. The standard InChI is InChI=1S/C20H18N2O6S/c1-26-13-6-4-12(5-7-13)22-19(25)14(18(24)21-20(22)29)8-11-9-15(27-2)17(23)16(10-11)28-3/h4-10,23H,1-3H3,(H,21,24,29)/b14-8+. The molecule has 2 aromatic rings. The number of nitrogens with zero attached hydrogens (tertiary/aromatic N) is 1. The fourth-order valence-corrected chi connectivity index (χ4v) is 3.07. The fraction of sp³-hybridized carbons (Fsp3) is 0.150. The monoisotopic (exact) mass is 414 g/mol. The van der Waals surface area contributed by atoms with Gasteiger partial charge in [0.05, 0.1) is 27.0 Å². The van der Waals surface area contributed by atoms with E-state index in [0.29, 0.717) is 17.0 Å². The van der Waals surface area contributed by atoms with E-state index in [1.165, 1.54) is 44.4 Å². The fourth-order valence-electron chi connectivity index (χ4n) is 2.79. The third kappa shape index (κ3) is 3.85. The number of carbonyl (C=O) groups is 2. The van der Waals surface area contributed by atoms with Crippen LogP contribution >= 0.6 is 12.2 Å². The van der Waals surface area contributed by atoms with Gasteiger partial charge < -0.3 is 19.3 Å². The second-order valence-electron chi connectivity index (χ2n) is 5.93. The maximum Gasteiger partial charge on any atom is 0.270 e. The molecule has 0 unspecified atom stereocenters. The van der Waals surface area contributed by atoms with Gasteiger partial charge in [-0.15, -0.1) is 0 Å². The van der Waals surface area contributed by atoms with Gasteiger partial charge in [-0.3, -0.25) is 19.8 Å². The van der Waals surface area contributed by atoms with Gasteiger partial charge in [0.25, 0.3) is 11.8 Å². The van der Waals surface area contributed by atoms with Crippen LogP contribution in [0.3, 0.4) is 0 Å². The van der Waals surface area contributed by atoms with E-state index in [-0.39, 0.29) is 27.9 Å². The van der Waals surface area contributed by atoms with E-state index in [0.717, 1.165) is 0 Å². The summed E-state index contributed by atoms with van der Waals surface area (Å²) in [6.07, 6.45) is 1.38. The Balaban J connectivity index is 2.03. The lowest BCUT2D eigenvalue weighted by molar-refractivity contribution is -0.122. The van der Waals surface area contributed by atoms with Gasteiger partial charge in [0, 0.05) is 0 Å². The van der Waals surface area contributed by atoms with Crippen molar-refractivity contribution in [3.05, 3.63) is 47.5 Å². The molecule has 2 N–H and O–H groups in total. The maximum atomic E-state index is 13.0. The molecule has 0 bridgehead atoms. The van der Waals surface area contributed by atoms with Crippen molar-refractivity contribution in [1.82, 2.24) is 5.32 Å². The van der Waals surface area contributed by atoms with Crippen molar-refractivity contribution < 1.29 is 28.9 Å². The molecule has 0 aromatic heterocycles. The van der Waals surface area contributed by atoms with Crippen molar-refractivity contribution in [2.24, 2.45) is 0 Å². The summed E-state index contributed by atoms with van der Waals surface area (Å²) in [4.78, 5) is 26.7. The van der Waals surface area contributed by atoms with Gasteiger partial charge in [-0.1, -0.05) is 0 Å². The van der Waals surface area contributed by atoms with E-state index >= 15 is 0 Å². The Morgan fingerprint density at radius 2 is 1.59 bits per heavy atom. The highest BCUT2D eigenvalue weighted by Crippen LogP contribution is 2.38. The summed E-state index contributed by atoms with van der Waals surface area (Å²) < 4.78 is 15.3. The lowest BCUT2D eigenvalue weighted by atomic mass is 10.1. The average molecular weight is 414 g/mol. The number of hydrogen-bond donors (Lipinski definition) is 2. The third-order valence-corrected chi connectivity index (χ3v) is 4.53. The van der Waals surface area contributed by atoms with Gasteiger partial charge in [-0.25, -0.2) is 0 Å². The van der Waals surface area contributed by atoms with Gasteiger partial charge in [-0.2, -0.15) is 0 Å². The first-order chi connectivity index (χ1) is 13.9. The lowest BCUT2D eigenvalue weighted by Gasteiger charge is -2.29. The number of phenols is 1. The smallest absolute Gasteiger partial charge is 0.270 e. The summed E-state index contributed by atoms with van der Waals surface area (Å²) in [5, 5.41) is 12.5. The number of thiocarbonyl (C=S) groups is 1. The summed E-state index contributed by atoms with van der Waals surface area (Å²) >= 11 is 5.18. The van der Waals surface area contributed by atoms with Crippen molar-refractivity contribution in [1.29, 1.82) is 0 Å². The first-order valence-corrected chi connectivity index (χ1v) is 8.81. The van der Waals surface area contributed by atoms with Gasteiger partial charge in [0.2, 0.25) is 5.75 Å². The zero-order valence-corrected chi connectivity index (χ0v) is 16.7. The highest BCUT2D eigenvalue weighted by atomic mass is 32.1. The molecule has 0 radical (unpaired) electrons. The number of rotatable bonds is 5. The zero-order valence-electron chi connectivity index (χ0n) is 15.9. The molecule has 1 aliphatic rings. The Labute approximate surface area is 172 Å². The molecule has 1 heterocycles. The first-order valence-electron chi connectivity index (χ1n) is 8.40. The van der Waals surface area contributed by atoms with Crippen LogP contribution in [0.4, 0.5) is 5.69 Å². The van der Waals surface area contributed by atoms with Crippen LogP contribution in [-0.4, -0.2) is 43.4 Å². The molecule has 29 heavy (non-hydrogen) atoms.